The number of para-hydroxylation sites is 1. The van der Waals surface area contributed by atoms with Crippen LogP contribution in [-0.2, 0) is 11.3 Å². The first-order chi connectivity index (χ1) is 15.8. The fraction of sp³-hybridized carbons (Fsp3) is 0.273. The Hall–Kier alpha value is -3.86. The number of rotatable bonds is 6. The number of H-pyrrole nitrogens is 1. The molecule has 1 saturated heterocycles. The van der Waals surface area contributed by atoms with Crippen molar-refractivity contribution in [1.29, 1.82) is 0 Å². The Morgan fingerprint density at radius 2 is 1.88 bits per heavy atom. The van der Waals surface area contributed by atoms with Crippen molar-refractivity contribution in [2.24, 2.45) is 0 Å². The second-order valence-corrected chi connectivity index (χ2v) is 7.89. The van der Waals surface area contributed by atoms with Gasteiger partial charge in [0.1, 0.15) is 28.4 Å². The Bertz CT molecular complexity index is 1240. The standard InChI is InChI=1S/C22H21F2N5O4/c23-15-5-4-14(16(24)11-15)12-26-21(31)22(6-8-25-9-7-22)28-20(30)17-10-13-2-1-3-18(29(32)33)19(13)27-17/h1-5,10-11,25,27H,6-9,12H2,(H,26,31)(H,28,30). The van der Waals surface area contributed by atoms with Gasteiger partial charge in [-0.1, -0.05) is 18.2 Å². The molecule has 0 spiro atoms. The molecule has 1 aliphatic rings. The van der Waals surface area contributed by atoms with Gasteiger partial charge < -0.3 is 20.9 Å². The number of benzene rings is 2. The van der Waals surface area contributed by atoms with Gasteiger partial charge in [-0.25, -0.2) is 8.78 Å². The van der Waals surface area contributed by atoms with E-state index in [1.807, 2.05) is 0 Å². The highest BCUT2D eigenvalue weighted by Gasteiger charge is 2.41. The van der Waals surface area contributed by atoms with Gasteiger partial charge in [0.2, 0.25) is 5.91 Å². The smallest absolute Gasteiger partial charge is 0.293 e. The molecule has 0 unspecified atom stereocenters. The molecule has 0 atom stereocenters. The number of non-ortho nitro benzene ring substituents is 1. The largest absolute Gasteiger partial charge is 0.350 e. The number of fused-ring (bicyclic) bond motifs is 1. The average Bonchev–Trinajstić information content (AvgIpc) is 3.23. The van der Waals surface area contributed by atoms with Crippen LogP contribution in [0.2, 0.25) is 0 Å². The molecule has 0 bridgehead atoms. The minimum Gasteiger partial charge on any atom is -0.350 e. The SMILES string of the molecule is O=C(NC1(C(=O)NCc2ccc(F)cc2F)CCNCC1)c1cc2cccc([N+](=O)[O-])c2[nH]1. The van der Waals surface area contributed by atoms with Crippen LogP contribution in [0.1, 0.15) is 28.9 Å². The lowest BCUT2D eigenvalue weighted by atomic mass is 9.87. The van der Waals surface area contributed by atoms with Crippen molar-refractivity contribution in [1.82, 2.24) is 20.9 Å². The number of aromatic nitrogens is 1. The predicted octanol–water partition coefficient (Wildman–Crippen LogP) is 2.52. The third-order valence-corrected chi connectivity index (χ3v) is 5.77. The monoisotopic (exact) mass is 457 g/mol. The van der Waals surface area contributed by atoms with Gasteiger partial charge in [-0.05, 0) is 38.1 Å². The van der Waals surface area contributed by atoms with Crippen LogP contribution in [0.3, 0.4) is 0 Å². The molecule has 3 aromatic rings. The van der Waals surface area contributed by atoms with E-state index in [4.69, 9.17) is 0 Å². The fourth-order valence-corrected chi connectivity index (χ4v) is 3.97. The minimum absolute atomic E-state index is 0.0783. The first-order valence-electron chi connectivity index (χ1n) is 10.3. The number of piperidine rings is 1. The lowest BCUT2D eigenvalue weighted by molar-refractivity contribution is -0.383. The minimum atomic E-state index is -1.26. The van der Waals surface area contributed by atoms with Crippen molar-refractivity contribution < 1.29 is 23.3 Å². The van der Waals surface area contributed by atoms with E-state index in [1.165, 1.54) is 24.3 Å². The second kappa shape index (κ2) is 8.94. The quantitative estimate of drug-likeness (QED) is 0.334. The van der Waals surface area contributed by atoms with Crippen molar-refractivity contribution >= 4 is 28.4 Å². The Labute approximate surface area is 186 Å². The molecule has 172 valence electrons. The highest BCUT2D eigenvalue weighted by Crippen LogP contribution is 2.26. The number of nitro benzene ring substituents is 1. The molecule has 2 amide bonds. The molecule has 4 N–H and O–H groups in total. The van der Waals surface area contributed by atoms with E-state index in [-0.39, 0.29) is 41.8 Å². The molecular weight excluding hydrogens is 436 g/mol. The molecule has 4 rings (SSSR count). The number of nitrogens with zero attached hydrogens (tertiary/aromatic N) is 1. The molecule has 33 heavy (non-hydrogen) atoms. The van der Waals surface area contributed by atoms with Crippen LogP contribution in [0.25, 0.3) is 10.9 Å². The van der Waals surface area contributed by atoms with Crippen LogP contribution < -0.4 is 16.0 Å². The summed E-state index contributed by atoms with van der Waals surface area (Å²) < 4.78 is 27.1. The van der Waals surface area contributed by atoms with E-state index in [1.54, 1.807) is 6.07 Å². The van der Waals surface area contributed by atoms with Gasteiger partial charge in [0.05, 0.1) is 4.92 Å². The lowest BCUT2D eigenvalue weighted by Crippen LogP contribution is -2.62. The zero-order valence-corrected chi connectivity index (χ0v) is 17.4. The summed E-state index contributed by atoms with van der Waals surface area (Å²) in [6.45, 7) is 0.766. The normalized spacial score (nSPS) is 15.2. The summed E-state index contributed by atoms with van der Waals surface area (Å²) >= 11 is 0. The van der Waals surface area contributed by atoms with Crippen molar-refractivity contribution in [3.63, 3.8) is 0 Å². The van der Waals surface area contributed by atoms with Gasteiger partial charge in [0.25, 0.3) is 11.6 Å². The van der Waals surface area contributed by atoms with Gasteiger partial charge in [-0.2, -0.15) is 0 Å². The zero-order chi connectivity index (χ0) is 23.6. The second-order valence-electron chi connectivity index (χ2n) is 7.89. The van der Waals surface area contributed by atoms with E-state index < -0.39 is 33.9 Å². The van der Waals surface area contributed by atoms with E-state index in [2.05, 4.69) is 20.9 Å². The average molecular weight is 457 g/mol. The zero-order valence-electron chi connectivity index (χ0n) is 17.4. The molecule has 0 aliphatic carbocycles. The topological polar surface area (TPSA) is 129 Å². The number of nitro groups is 1. The van der Waals surface area contributed by atoms with Crippen LogP contribution in [0.15, 0.2) is 42.5 Å². The van der Waals surface area contributed by atoms with Crippen molar-refractivity contribution in [2.75, 3.05) is 13.1 Å². The molecular formula is C22H21F2N5O4. The molecule has 1 fully saturated rings. The fourth-order valence-electron chi connectivity index (χ4n) is 3.97. The number of carbonyl (C=O) groups excluding carboxylic acids is 2. The van der Waals surface area contributed by atoms with Gasteiger partial charge in [-0.3, -0.25) is 19.7 Å². The van der Waals surface area contributed by atoms with Crippen LogP contribution in [0.4, 0.5) is 14.5 Å². The number of amides is 2. The Kier molecular flexibility index (Phi) is 6.05. The maximum atomic E-state index is 13.9. The Balaban J connectivity index is 1.55. The number of hydrogen-bond donors (Lipinski definition) is 4. The van der Waals surface area contributed by atoms with Crippen molar-refractivity contribution in [3.8, 4) is 0 Å². The van der Waals surface area contributed by atoms with E-state index in [0.717, 1.165) is 12.1 Å². The van der Waals surface area contributed by atoms with Gasteiger partial charge >= 0.3 is 0 Å². The van der Waals surface area contributed by atoms with E-state index in [0.29, 0.717) is 18.5 Å². The van der Waals surface area contributed by atoms with Crippen molar-refractivity contribution in [3.05, 3.63) is 75.5 Å². The van der Waals surface area contributed by atoms with Crippen LogP contribution in [-0.4, -0.2) is 40.4 Å². The number of halogens is 2. The molecule has 2 heterocycles. The number of carbonyl (C=O) groups is 2. The maximum absolute atomic E-state index is 13.9. The summed E-state index contributed by atoms with van der Waals surface area (Å²) in [7, 11) is 0. The highest BCUT2D eigenvalue weighted by molar-refractivity contribution is 6.02. The van der Waals surface area contributed by atoms with E-state index in [9.17, 15) is 28.5 Å². The van der Waals surface area contributed by atoms with Crippen LogP contribution in [0, 0.1) is 21.7 Å². The lowest BCUT2D eigenvalue weighted by Gasteiger charge is -2.36. The predicted molar refractivity (Wildman–Crippen MR) is 115 cm³/mol. The van der Waals surface area contributed by atoms with Gasteiger partial charge in [-0.15, -0.1) is 0 Å². The first-order valence-corrected chi connectivity index (χ1v) is 10.3. The summed E-state index contributed by atoms with van der Waals surface area (Å²) in [6.07, 6.45) is 0.577. The summed E-state index contributed by atoms with van der Waals surface area (Å²) in [4.78, 5) is 39.6. The molecule has 9 nitrogen and oxygen atoms in total. The maximum Gasteiger partial charge on any atom is 0.293 e. The Morgan fingerprint density at radius 1 is 1.12 bits per heavy atom. The van der Waals surface area contributed by atoms with E-state index >= 15 is 0 Å². The molecule has 2 aromatic carbocycles. The molecule has 11 heteroatoms. The number of aromatic amines is 1. The number of nitrogens with one attached hydrogen (secondary N) is 4. The third kappa shape index (κ3) is 4.53. The van der Waals surface area contributed by atoms with Crippen LogP contribution in [0.5, 0.6) is 0 Å². The summed E-state index contributed by atoms with van der Waals surface area (Å²) in [5, 5.41) is 20.3. The van der Waals surface area contributed by atoms with Gasteiger partial charge in [0.15, 0.2) is 0 Å². The van der Waals surface area contributed by atoms with Crippen molar-refractivity contribution in [2.45, 2.75) is 24.9 Å². The number of hydrogen-bond acceptors (Lipinski definition) is 5. The molecule has 0 saturated carbocycles. The van der Waals surface area contributed by atoms with Crippen LogP contribution >= 0.6 is 0 Å². The summed E-state index contributed by atoms with van der Waals surface area (Å²) in [5.74, 6) is -2.59. The Morgan fingerprint density at radius 3 is 2.58 bits per heavy atom. The molecule has 1 aromatic heterocycles. The summed E-state index contributed by atoms with van der Waals surface area (Å²) in [6, 6.07) is 9.05. The molecule has 1 aliphatic heterocycles. The first kappa shape index (κ1) is 22.3. The molecule has 0 radical (unpaired) electrons. The third-order valence-electron chi connectivity index (χ3n) is 5.77. The highest BCUT2D eigenvalue weighted by atomic mass is 19.1. The summed E-state index contributed by atoms with van der Waals surface area (Å²) in [5.41, 5.74) is -1.02. The van der Waals surface area contributed by atoms with Gasteiger partial charge in [0, 0.05) is 29.6 Å².